The van der Waals surface area contributed by atoms with Crippen molar-refractivity contribution in [2.45, 2.75) is 236 Å². The number of unbranched alkanes of at least 4 members (excludes halogenated alkanes) is 24. The molecule has 0 aliphatic heterocycles. The minimum absolute atomic E-state index is 0. The van der Waals surface area contributed by atoms with Crippen molar-refractivity contribution in [1.82, 2.24) is 0 Å². The van der Waals surface area contributed by atoms with E-state index in [2.05, 4.69) is 27.4 Å². The molecule has 0 aromatic carbocycles. The molecule has 9 atom stereocenters. The van der Waals surface area contributed by atoms with Gasteiger partial charge in [0.1, 0.15) is 43.2 Å². The van der Waals surface area contributed by atoms with Crippen LogP contribution in [0.2, 0.25) is 0 Å². The predicted octanol–water partition coefficient (Wildman–Crippen LogP) is 4.45. The van der Waals surface area contributed by atoms with E-state index in [-0.39, 0.29) is 42.4 Å². The molecule has 27 heteroatoms. The molecule has 68 heavy (non-hydrogen) atoms. The van der Waals surface area contributed by atoms with Crippen molar-refractivity contribution in [2.24, 2.45) is 0 Å². The minimum atomic E-state index is -6.03. The van der Waals surface area contributed by atoms with Crippen LogP contribution in [0, 0.1) is 0 Å². The van der Waals surface area contributed by atoms with Crippen molar-refractivity contribution in [2.75, 3.05) is 13.2 Å². The fourth-order valence-electron chi connectivity index (χ4n) is 7.67. The Hall–Kier alpha value is 0.300. The van der Waals surface area contributed by atoms with Crippen LogP contribution in [0.1, 0.15) is 194 Å². The van der Waals surface area contributed by atoms with E-state index in [0.717, 1.165) is 64.2 Å². The van der Waals surface area contributed by atoms with Gasteiger partial charge < -0.3 is 58.5 Å². The molecule has 8 N–H and O–H groups in total. The van der Waals surface area contributed by atoms with Crippen molar-refractivity contribution in [3.05, 3.63) is 0 Å². The summed E-state index contributed by atoms with van der Waals surface area (Å²) in [5.74, 6) is -1.40. The van der Waals surface area contributed by atoms with Gasteiger partial charge in [0.05, 0.1) is 6.61 Å². The van der Waals surface area contributed by atoms with E-state index in [1.165, 1.54) is 89.9 Å². The quantitative estimate of drug-likeness (QED) is 0.0181. The molecule has 0 bridgehead atoms. The van der Waals surface area contributed by atoms with Gasteiger partial charge in [0, 0.05) is 12.8 Å². The topological polar surface area (TPSA) is 352 Å². The molecule has 0 radical (unpaired) electrons. The zero-order valence-electron chi connectivity index (χ0n) is 40.3. The third kappa shape index (κ3) is 35.5. The Kier molecular flexibility index (Phi) is 38.1. The monoisotopic (exact) mass is 1070 g/mol. The normalized spacial score (nSPS) is 22.2. The average Bonchev–Trinajstić information content (AvgIpc) is 3.22. The Morgan fingerprint density at radius 1 is 0.471 bits per heavy atom. The number of hydrogen-bond acceptors (Lipinski definition) is 16. The fourth-order valence-corrected chi connectivity index (χ4v) is 10.3. The van der Waals surface area contributed by atoms with E-state index in [9.17, 15) is 72.3 Å². The Morgan fingerprint density at radius 2 is 0.809 bits per heavy atom. The molecule has 1 saturated carbocycles. The van der Waals surface area contributed by atoms with Gasteiger partial charge in [-0.2, -0.15) is 0 Å². The molecule has 0 amide bonds. The van der Waals surface area contributed by atoms with Gasteiger partial charge in [0.2, 0.25) is 0 Å². The first kappa shape index (κ1) is 68.3. The molecule has 0 heterocycles. The zero-order chi connectivity index (χ0) is 50.4. The Balaban J connectivity index is 0.0000449. The molecule has 0 aromatic heterocycles. The standard InChI is InChI=1S/C41H82O22P4.Na/c1-3-5-7-9-11-13-15-17-19-21-23-25-27-29-34(42)57-31-33(59-35(43)30-28-26-24-22-20-18-16-14-12-10-8-6-4-2)32-58-67(55,56)63-38-36(44)39(60-64(46,47)48)41(62-66(52,53)54)40(37(38)45)61-65(49,50)51;/h33,36-41,44-45H,3-32H2,1-2H3,(H,55,56)(H2,46,47,48)(H2,49,50,51)(H2,52,53,54);/q;+1/p-1/t33-,36+,37+,38-,39+,40-,41-;/m1./s1. The summed E-state index contributed by atoms with van der Waals surface area (Å²) in [5.41, 5.74) is 0. The van der Waals surface area contributed by atoms with Crippen LogP contribution >= 0.6 is 31.3 Å². The molecule has 1 rings (SSSR count). The molecule has 0 aromatic rings. The molecule has 398 valence electrons. The number of phosphoric acid groups is 4. The van der Waals surface area contributed by atoms with Gasteiger partial charge in [-0.15, -0.1) is 0 Å². The van der Waals surface area contributed by atoms with Crippen LogP contribution in [0.4, 0.5) is 0 Å². The zero-order valence-corrected chi connectivity index (χ0v) is 45.9. The third-order valence-corrected chi connectivity index (χ3v) is 13.7. The Bertz CT molecular complexity index is 1490. The van der Waals surface area contributed by atoms with Gasteiger partial charge >= 0.3 is 65.0 Å². The summed E-state index contributed by atoms with van der Waals surface area (Å²) in [6.07, 6.45) is 10.1. The van der Waals surface area contributed by atoms with Crippen molar-refractivity contribution in [1.29, 1.82) is 0 Å². The van der Waals surface area contributed by atoms with Gasteiger partial charge in [-0.05, 0) is 12.8 Å². The molecule has 2 unspecified atom stereocenters. The molecule has 1 aliphatic rings. The van der Waals surface area contributed by atoms with Crippen molar-refractivity contribution >= 4 is 43.2 Å². The number of aliphatic hydroxyl groups is 2. The summed E-state index contributed by atoms with van der Waals surface area (Å²) >= 11 is 0. The van der Waals surface area contributed by atoms with E-state index < -0.39 is 99.2 Å². The van der Waals surface area contributed by atoms with Crippen LogP contribution in [0.5, 0.6) is 0 Å². The van der Waals surface area contributed by atoms with Crippen LogP contribution in [0.3, 0.4) is 0 Å². The number of phosphoric ester groups is 4. The number of carbonyl (C=O) groups excluding carboxylic acids is 2. The van der Waals surface area contributed by atoms with E-state index >= 15 is 0 Å². The van der Waals surface area contributed by atoms with Gasteiger partial charge in [0.25, 0.3) is 7.82 Å². The number of esters is 2. The SMILES string of the molecule is CCCCCCCCCCCCCCCC(=O)OC[C@H](COP(=O)(O)O[C@H]1[C@H](O)[C@@H](OP(=O)(O)O)[C@H](OP(=O)(O)O)[C@@H](OP(=O)([O-])O)[C@H]1O)OC(=O)CCCCCCCCCCCCCCC.[Na+]. The molecule has 1 aliphatic carbocycles. The second-order valence-corrected chi connectivity index (χ2v) is 22.2. The number of rotatable bonds is 42. The van der Waals surface area contributed by atoms with E-state index in [0.29, 0.717) is 12.8 Å². The smallest absolute Gasteiger partial charge is 0.756 e. The van der Waals surface area contributed by atoms with Crippen molar-refractivity contribution in [3.8, 4) is 0 Å². The van der Waals surface area contributed by atoms with Gasteiger partial charge in [-0.25, -0.2) is 13.7 Å². The summed E-state index contributed by atoms with van der Waals surface area (Å²) < 4.78 is 81.7. The van der Waals surface area contributed by atoms with E-state index in [4.69, 9.17) is 18.5 Å². The maximum absolute atomic E-state index is 13.2. The molecule has 22 nitrogen and oxygen atoms in total. The largest absolute Gasteiger partial charge is 1.00 e. The Morgan fingerprint density at radius 3 is 1.18 bits per heavy atom. The number of ether oxygens (including phenoxy) is 2. The van der Waals surface area contributed by atoms with Crippen LogP contribution in [-0.4, -0.2) is 107 Å². The van der Waals surface area contributed by atoms with Crippen LogP contribution in [0.15, 0.2) is 0 Å². The second kappa shape index (κ2) is 37.9. The van der Waals surface area contributed by atoms with Gasteiger partial charge in [-0.3, -0.25) is 32.2 Å². The summed E-state index contributed by atoms with van der Waals surface area (Å²) in [5, 5.41) is 21.8. The average molecular weight is 1070 g/mol. The first-order valence-corrected chi connectivity index (χ1v) is 30.1. The first-order valence-electron chi connectivity index (χ1n) is 24.1. The van der Waals surface area contributed by atoms with Crippen molar-refractivity contribution in [3.63, 3.8) is 0 Å². The summed E-state index contributed by atoms with van der Waals surface area (Å²) in [7, 11) is -23.3. The predicted molar refractivity (Wildman–Crippen MR) is 243 cm³/mol. The second-order valence-electron chi connectivity index (χ2n) is 17.3. The van der Waals surface area contributed by atoms with Crippen LogP contribution in [-0.2, 0) is 59.9 Å². The summed E-state index contributed by atoms with van der Waals surface area (Å²) in [4.78, 5) is 94.8. The number of carbonyl (C=O) groups is 2. The number of aliphatic hydroxyl groups excluding tert-OH is 2. The van der Waals surface area contributed by atoms with Gasteiger partial charge in [0.15, 0.2) is 6.10 Å². The maximum Gasteiger partial charge on any atom is 1.00 e. The molecular weight excluding hydrogens is 991 g/mol. The van der Waals surface area contributed by atoms with Gasteiger partial charge in [-0.1, -0.05) is 168 Å². The van der Waals surface area contributed by atoms with Crippen LogP contribution in [0.25, 0.3) is 0 Å². The van der Waals surface area contributed by atoms with Crippen molar-refractivity contribution < 1.29 is 134 Å². The molecule has 0 spiro atoms. The van der Waals surface area contributed by atoms with Crippen LogP contribution < -0.4 is 34.5 Å². The summed E-state index contributed by atoms with van der Waals surface area (Å²) in [6.45, 7) is 2.73. The fraction of sp³-hybridized carbons (Fsp3) is 0.951. The first-order chi connectivity index (χ1) is 31.5. The summed E-state index contributed by atoms with van der Waals surface area (Å²) in [6, 6.07) is 0. The molecule has 0 saturated heterocycles. The molecule has 1 fully saturated rings. The molecular formula is C41H81NaO22P4. The van der Waals surface area contributed by atoms with E-state index in [1.54, 1.807) is 0 Å². The Labute approximate surface area is 424 Å². The maximum atomic E-state index is 13.2. The van der Waals surface area contributed by atoms with E-state index in [1.807, 2.05) is 0 Å². The number of hydrogen-bond donors (Lipinski definition) is 8. The minimum Gasteiger partial charge on any atom is -0.756 e. The third-order valence-electron chi connectivity index (χ3n) is 11.1.